The van der Waals surface area contributed by atoms with Crippen LogP contribution in [0.4, 0.5) is 13.2 Å². The molecule has 0 aliphatic heterocycles. The Balaban J connectivity index is 1.77. The minimum atomic E-state index is -4.04. The number of carbonyl (C=O) groups excluding carboxylic acids is 1. The summed E-state index contributed by atoms with van der Waals surface area (Å²) >= 11 is 0. The molecule has 2 unspecified atom stereocenters. The van der Waals surface area contributed by atoms with Gasteiger partial charge in [-0.2, -0.15) is 13.2 Å². The molecular formula is C12H19F3N2O. The van der Waals surface area contributed by atoms with Gasteiger partial charge in [0.1, 0.15) is 0 Å². The summed E-state index contributed by atoms with van der Waals surface area (Å²) in [6, 6.07) is 0. The third-order valence-corrected chi connectivity index (χ3v) is 4.72. The fourth-order valence-corrected chi connectivity index (χ4v) is 3.66. The van der Waals surface area contributed by atoms with Crippen LogP contribution in [-0.2, 0) is 4.79 Å². The van der Waals surface area contributed by atoms with Gasteiger partial charge in [0.05, 0.1) is 5.92 Å². The lowest BCUT2D eigenvalue weighted by Crippen LogP contribution is -2.66. The molecule has 3 aliphatic carbocycles. The Hall–Kier alpha value is -0.780. The summed E-state index contributed by atoms with van der Waals surface area (Å²) in [5.41, 5.74) is 1.57. The van der Waals surface area contributed by atoms with Crippen LogP contribution in [0.2, 0.25) is 0 Å². The SMILES string of the molecule is CC(CCCC12CC(C1)C2C(F)(F)F)C(=O)NN. The van der Waals surface area contributed by atoms with Crippen molar-refractivity contribution in [1.82, 2.24) is 5.43 Å². The molecule has 3 nitrogen and oxygen atoms in total. The molecule has 6 heteroatoms. The Bertz CT molecular complexity index is 337. The van der Waals surface area contributed by atoms with E-state index >= 15 is 0 Å². The third-order valence-electron chi connectivity index (χ3n) is 4.72. The summed E-state index contributed by atoms with van der Waals surface area (Å²) in [6.45, 7) is 1.74. The van der Waals surface area contributed by atoms with Crippen molar-refractivity contribution in [2.24, 2.45) is 29.0 Å². The van der Waals surface area contributed by atoms with E-state index in [4.69, 9.17) is 5.84 Å². The maximum absolute atomic E-state index is 12.7. The zero-order valence-electron chi connectivity index (χ0n) is 10.4. The van der Waals surface area contributed by atoms with Gasteiger partial charge in [-0.25, -0.2) is 5.84 Å². The van der Waals surface area contributed by atoms with E-state index in [1.165, 1.54) is 0 Å². The minimum absolute atomic E-state index is 0.130. The van der Waals surface area contributed by atoms with Gasteiger partial charge in [-0.15, -0.1) is 0 Å². The Kier molecular flexibility index (Phi) is 3.34. The average Bonchev–Trinajstić information content (AvgIpc) is 2.16. The molecule has 1 amide bonds. The predicted octanol–water partition coefficient (Wildman–Crippen LogP) is 2.37. The van der Waals surface area contributed by atoms with Crippen LogP contribution in [0.1, 0.15) is 39.0 Å². The number of hydrazine groups is 1. The van der Waals surface area contributed by atoms with Gasteiger partial charge in [0.15, 0.2) is 0 Å². The van der Waals surface area contributed by atoms with Gasteiger partial charge in [-0.1, -0.05) is 13.3 Å². The van der Waals surface area contributed by atoms with Crippen LogP contribution in [-0.4, -0.2) is 12.1 Å². The summed E-state index contributed by atoms with van der Waals surface area (Å²) in [6.07, 6.45) is -0.769. The lowest BCUT2D eigenvalue weighted by molar-refractivity contribution is -0.334. The molecule has 2 atom stereocenters. The van der Waals surface area contributed by atoms with Gasteiger partial charge in [-0.05, 0) is 37.0 Å². The Morgan fingerprint density at radius 2 is 2.11 bits per heavy atom. The van der Waals surface area contributed by atoms with Gasteiger partial charge < -0.3 is 0 Å². The lowest BCUT2D eigenvalue weighted by Gasteiger charge is -2.69. The lowest BCUT2D eigenvalue weighted by atomic mass is 9.36. The van der Waals surface area contributed by atoms with Crippen molar-refractivity contribution in [3.63, 3.8) is 0 Å². The fourth-order valence-electron chi connectivity index (χ4n) is 3.66. The highest BCUT2D eigenvalue weighted by atomic mass is 19.4. The second kappa shape index (κ2) is 4.40. The molecule has 3 saturated carbocycles. The second-order valence-corrected chi connectivity index (χ2v) is 5.85. The monoisotopic (exact) mass is 264 g/mol. The molecular weight excluding hydrogens is 245 g/mol. The zero-order chi connectivity index (χ0) is 13.6. The largest absolute Gasteiger partial charge is 0.392 e. The highest BCUT2D eigenvalue weighted by molar-refractivity contribution is 5.77. The van der Waals surface area contributed by atoms with E-state index in [0.29, 0.717) is 32.1 Å². The van der Waals surface area contributed by atoms with Crippen LogP contribution in [0.25, 0.3) is 0 Å². The van der Waals surface area contributed by atoms with Crippen molar-refractivity contribution in [2.75, 3.05) is 0 Å². The number of amides is 1. The molecule has 3 rings (SSSR count). The van der Waals surface area contributed by atoms with Crippen molar-refractivity contribution in [3.05, 3.63) is 0 Å². The summed E-state index contributed by atoms with van der Waals surface area (Å²) in [5.74, 6) is 3.32. The van der Waals surface area contributed by atoms with E-state index in [9.17, 15) is 18.0 Å². The van der Waals surface area contributed by atoms with Crippen LogP contribution in [0.15, 0.2) is 0 Å². The number of nitrogens with one attached hydrogen (secondary N) is 1. The molecule has 2 bridgehead atoms. The Labute approximate surface area is 104 Å². The quantitative estimate of drug-likeness (QED) is 0.455. The van der Waals surface area contributed by atoms with E-state index < -0.39 is 17.5 Å². The van der Waals surface area contributed by atoms with E-state index in [0.717, 1.165) is 0 Å². The predicted molar refractivity (Wildman–Crippen MR) is 60.0 cm³/mol. The summed E-state index contributed by atoms with van der Waals surface area (Å²) in [7, 11) is 0. The molecule has 104 valence electrons. The molecule has 0 aromatic carbocycles. The van der Waals surface area contributed by atoms with Gasteiger partial charge >= 0.3 is 6.18 Å². The molecule has 3 fully saturated rings. The first-order valence-corrected chi connectivity index (χ1v) is 6.37. The second-order valence-electron chi connectivity index (χ2n) is 5.85. The number of nitrogens with two attached hydrogens (primary N) is 1. The van der Waals surface area contributed by atoms with Gasteiger partial charge in [-0.3, -0.25) is 10.2 Å². The first kappa shape index (κ1) is 13.6. The number of hydrogen-bond donors (Lipinski definition) is 2. The third kappa shape index (κ3) is 2.11. The van der Waals surface area contributed by atoms with Crippen molar-refractivity contribution in [3.8, 4) is 0 Å². The topological polar surface area (TPSA) is 55.1 Å². The highest BCUT2D eigenvalue weighted by Gasteiger charge is 2.73. The van der Waals surface area contributed by atoms with Gasteiger partial charge in [0.25, 0.3) is 0 Å². The Morgan fingerprint density at radius 1 is 1.50 bits per heavy atom. The molecule has 0 saturated heterocycles. The number of rotatable bonds is 5. The van der Waals surface area contributed by atoms with E-state index in [1.54, 1.807) is 6.92 Å². The normalized spacial score (nSPS) is 35.4. The molecule has 3 N–H and O–H groups in total. The molecule has 0 spiro atoms. The summed E-state index contributed by atoms with van der Waals surface area (Å²) in [5, 5.41) is 0. The van der Waals surface area contributed by atoms with Crippen LogP contribution >= 0.6 is 0 Å². The number of hydrogen-bond acceptors (Lipinski definition) is 2. The zero-order valence-corrected chi connectivity index (χ0v) is 10.4. The Morgan fingerprint density at radius 3 is 2.50 bits per heavy atom. The van der Waals surface area contributed by atoms with Crippen LogP contribution < -0.4 is 11.3 Å². The van der Waals surface area contributed by atoms with Crippen LogP contribution in [0, 0.1) is 23.2 Å². The fraction of sp³-hybridized carbons (Fsp3) is 0.917. The maximum atomic E-state index is 12.7. The molecule has 0 aromatic heterocycles. The summed E-state index contributed by atoms with van der Waals surface area (Å²) in [4.78, 5) is 11.2. The first-order valence-electron chi connectivity index (χ1n) is 6.37. The average molecular weight is 264 g/mol. The smallest absolute Gasteiger partial charge is 0.294 e. The van der Waals surface area contributed by atoms with Crippen molar-refractivity contribution in [2.45, 2.75) is 45.2 Å². The standard InChI is InChI=1S/C12H19F3N2O/c1-7(10(18)17-16)3-2-4-11-5-8(6-11)9(11)12(13,14)15/h7-9H,2-6,16H2,1H3,(H,17,18). The van der Waals surface area contributed by atoms with Gasteiger partial charge in [0.2, 0.25) is 5.91 Å². The van der Waals surface area contributed by atoms with Crippen molar-refractivity contribution >= 4 is 5.91 Å². The summed E-state index contributed by atoms with van der Waals surface area (Å²) < 4.78 is 38.1. The van der Waals surface area contributed by atoms with E-state index in [1.807, 2.05) is 0 Å². The highest BCUT2D eigenvalue weighted by Crippen LogP contribution is 2.74. The van der Waals surface area contributed by atoms with E-state index in [-0.39, 0.29) is 17.7 Å². The van der Waals surface area contributed by atoms with Gasteiger partial charge in [0, 0.05) is 5.92 Å². The van der Waals surface area contributed by atoms with E-state index in [2.05, 4.69) is 5.43 Å². The van der Waals surface area contributed by atoms with Crippen LogP contribution in [0.3, 0.4) is 0 Å². The first-order chi connectivity index (χ1) is 8.30. The van der Waals surface area contributed by atoms with Crippen LogP contribution in [0.5, 0.6) is 0 Å². The number of halogens is 3. The molecule has 0 heterocycles. The number of carbonyl (C=O) groups is 1. The molecule has 18 heavy (non-hydrogen) atoms. The molecule has 3 aliphatic rings. The minimum Gasteiger partial charge on any atom is -0.294 e. The molecule has 0 aromatic rings. The van der Waals surface area contributed by atoms with Crippen molar-refractivity contribution < 1.29 is 18.0 Å². The number of alkyl halides is 3. The molecule has 0 radical (unpaired) electrons. The van der Waals surface area contributed by atoms with Crippen molar-refractivity contribution in [1.29, 1.82) is 0 Å². The maximum Gasteiger partial charge on any atom is 0.392 e.